The average molecular weight is 364 g/mol. The number of nitrogens with one attached hydrogen (secondary N) is 1. The Bertz CT molecular complexity index is 667. The van der Waals surface area contributed by atoms with Gasteiger partial charge >= 0.3 is 6.61 Å². The van der Waals surface area contributed by atoms with Crippen LogP contribution in [0.3, 0.4) is 0 Å². The molecule has 0 aliphatic carbocycles. The standard InChI is InChI=1S/C14H15F2N3O2S.ClH/c1-8-2-3-9(6-11(8)21-14(15)16)18-13(20)10-7-22-12(19-10)4-5-17;/h2-3,6-7,14H,4-5,17H2,1H3,(H,18,20);1H. The Kier molecular flexibility index (Phi) is 7.34. The Hall–Kier alpha value is -1.77. The van der Waals surface area contributed by atoms with Gasteiger partial charge in [-0.25, -0.2) is 4.98 Å². The van der Waals surface area contributed by atoms with Crippen molar-refractivity contribution >= 4 is 35.3 Å². The number of nitrogens with zero attached hydrogens (tertiary/aromatic N) is 1. The number of nitrogens with two attached hydrogens (primary N) is 1. The highest BCUT2D eigenvalue weighted by Crippen LogP contribution is 2.24. The molecular weight excluding hydrogens is 348 g/mol. The highest BCUT2D eigenvalue weighted by Gasteiger charge is 2.13. The Labute approximate surface area is 142 Å². The average Bonchev–Trinajstić information content (AvgIpc) is 2.91. The first kappa shape index (κ1) is 19.3. The van der Waals surface area contributed by atoms with E-state index < -0.39 is 12.5 Å². The molecule has 0 saturated carbocycles. The number of anilines is 1. The van der Waals surface area contributed by atoms with Gasteiger partial charge < -0.3 is 15.8 Å². The van der Waals surface area contributed by atoms with Gasteiger partial charge in [0, 0.05) is 23.6 Å². The maximum atomic E-state index is 12.3. The van der Waals surface area contributed by atoms with Gasteiger partial charge in [-0.15, -0.1) is 23.7 Å². The molecule has 0 atom stereocenters. The molecule has 0 spiro atoms. The van der Waals surface area contributed by atoms with E-state index in [1.54, 1.807) is 24.4 Å². The molecule has 0 aliphatic heterocycles. The van der Waals surface area contributed by atoms with Gasteiger partial charge in [0.1, 0.15) is 11.4 Å². The van der Waals surface area contributed by atoms with E-state index >= 15 is 0 Å². The molecule has 1 aromatic carbocycles. The van der Waals surface area contributed by atoms with Gasteiger partial charge in [0.15, 0.2) is 0 Å². The number of halogens is 3. The number of benzene rings is 1. The van der Waals surface area contributed by atoms with E-state index in [2.05, 4.69) is 15.0 Å². The van der Waals surface area contributed by atoms with Crippen LogP contribution in [0.1, 0.15) is 21.1 Å². The molecule has 1 amide bonds. The quantitative estimate of drug-likeness (QED) is 0.826. The third-order valence-electron chi connectivity index (χ3n) is 2.80. The van der Waals surface area contributed by atoms with Crippen molar-refractivity contribution < 1.29 is 18.3 Å². The van der Waals surface area contributed by atoms with Crippen molar-refractivity contribution in [2.24, 2.45) is 5.73 Å². The van der Waals surface area contributed by atoms with E-state index in [0.717, 1.165) is 5.01 Å². The number of thiazole rings is 1. The van der Waals surface area contributed by atoms with E-state index in [1.807, 2.05) is 0 Å². The number of hydrogen-bond acceptors (Lipinski definition) is 5. The smallest absolute Gasteiger partial charge is 0.387 e. The van der Waals surface area contributed by atoms with Crippen LogP contribution >= 0.6 is 23.7 Å². The molecule has 2 aromatic rings. The molecule has 0 aliphatic rings. The van der Waals surface area contributed by atoms with Gasteiger partial charge in [0.05, 0.1) is 5.01 Å². The van der Waals surface area contributed by atoms with Crippen molar-refractivity contribution in [2.45, 2.75) is 20.0 Å². The first-order valence-electron chi connectivity index (χ1n) is 6.51. The zero-order valence-electron chi connectivity index (χ0n) is 12.2. The highest BCUT2D eigenvalue weighted by atomic mass is 35.5. The number of rotatable bonds is 6. The summed E-state index contributed by atoms with van der Waals surface area (Å²) in [5, 5.41) is 5.01. The number of ether oxygens (including phenoxy) is 1. The Balaban J connectivity index is 0.00000264. The molecule has 0 unspecified atom stereocenters. The largest absolute Gasteiger partial charge is 0.434 e. The predicted octanol–water partition coefficient (Wildman–Crippen LogP) is 3.23. The van der Waals surface area contributed by atoms with Crippen molar-refractivity contribution in [1.29, 1.82) is 0 Å². The normalized spacial score (nSPS) is 10.3. The SMILES string of the molecule is Cc1ccc(NC(=O)c2csc(CCN)n2)cc1OC(F)F.Cl. The number of aryl methyl sites for hydroxylation is 1. The van der Waals surface area contributed by atoms with E-state index in [9.17, 15) is 13.6 Å². The minimum Gasteiger partial charge on any atom is -0.434 e. The molecule has 0 bridgehead atoms. The molecule has 1 aromatic heterocycles. The van der Waals surface area contributed by atoms with Gasteiger partial charge in [0.25, 0.3) is 5.91 Å². The van der Waals surface area contributed by atoms with Crippen LogP contribution in [0.4, 0.5) is 14.5 Å². The summed E-state index contributed by atoms with van der Waals surface area (Å²) in [6.45, 7) is -0.814. The summed E-state index contributed by atoms with van der Waals surface area (Å²) >= 11 is 1.35. The molecule has 0 radical (unpaired) electrons. The van der Waals surface area contributed by atoms with E-state index in [1.165, 1.54) is 17.4 Å². The summed E-state index contributed by atoms with van der Waals surface area (Å²) in [6, 6.07) is 4.56. The van der Waals surface area contributed by atoms with Crippen LogP contribution < -0.4 is 15.8 Å². The minimum absolute atomic E-state index is 0. The second-order valence-electron chi connectivity index (χ2n) is 4.48. The van der Waals surface area contributed by atoms with E-state index in [4.69, 9.17) is 5.73 Å². The molecule has 3 N–H and O–H groups in total. The summed E-state index contributed by atoms with van der Waals surface area (Å²) in [7, 11) is 0. The second-order valence-corrected chi connectivity index (χ2v) is 5.42. The lowest BCUT2D eigenvalue weighted by Crippen LogP contribution is -2.13. The zero-order valence-corrected chi connectivity index (χ0v) is 13.8. The van der Waals surface area contributed by atoms with Crippen molar-refractivity contribution in [2.75, 3.05) is 11.9 Å². The highest BCUT2D eigenvalue weighted by molar-refractivity contribution is 7.09. The summed E-state index contributed by atoms with van der Waals surface area (Å²) < 4.78 is 29.0. The number of hydrogen-bond donors (Lipinski definition) is 2. The molecule has 9 heteroatoms. The van der Waals surface area contributed by atoms with Gasteiger partial charge in [0.2, 0.25) is 0 Å². The lowest BCUT2D eigenvalue weighted by Gasteiger charge is -2.10. The summed E-state index contributed by atoms with van der Waals surface area (Å²) in [6.07, 6.45) is 0.606. The molecular formula is C14H16ClF2N3O2S. The molecule has 23 heavy (non-hydrogen) atoms. The van der Waals surface area contributed by atoms with Crippen LogP contribution in [0.2, 0.25) is 0 Å². The van der Waals surface area contributed by atoms with Gasteiger partial charge in [-0.3, -0.25) is 4.79 Å². The number of aromatic nitrogens is 1. The third kappa shape index (κ3) is 5.42. The van der Waals surface area contributed by atoms with Crippen molar-refractivity contribution in [3.8, 4) is 5.75 Å². The maximum Gasteiger partial charge on any atom is 0.387 e. The van der Waals surface area contributed by atoms with Crippen LogP contribution in [0, 0.1) is 6.92 Å². The Morgan fingerprint density at radius 3 is 2.87 bits per heavy atom. The summed E-state index contributed by atoms with van der Waals surface area (Å²) in [5.41, 5.74) is 6.61. The summed E-state index contributed by atoms with van der Waals surface area (Å²) in [5.74, 6) is -0.388. The fourth-order valence-corrected chi connectivity index (χ4v) is 2.54. The fourth-order valence-electron chi connectivity index (χ4n) is 1.75. The van der Waals surface area contributed by atoms with Crippen LogP contribution in [-0.2, 0) is 6.42 Å². The molecule has 1 heterocycles. The van der Waals surface area contributed by atoms with Crippen LogP contribution in [0.25, 0.3) is 0 Å². The van der Waals surface area contributed by atoms with Crippen LogP contribution in [-0.4, -0.2) is 24.0 Å². The van der Waals surface area contributed by atoms with Crippen LogP contribution in [0.15, 0.2) is 23.6 Å². The molecule has 2 rings (SSSR count). The monoisotopic (exact) mass is 363 g/mol. The van der Waals surface area contributed by atoms with Gasteiger partial charge in [-0.05, 0) is 25.1 Å². The lowest BCUT2D eigenvalue weighted by atomic mass is 10.2. The molecule has 0 fully saturated rings. The Morgan fingerprint density at radius 2 is 2.22 bits per heavy atom. The van der Waals surface area contributed by atoms with Crippen molar-refractivity contribution in [1.82, 2.24) is 4.98 Å². The zero-order chi connectivity index (χ0) is 16.1. The van der Waals surface area contributed by atoms with Crippen molar-refractivity contribution in [3.05, 3.63) is 39.8 Å². The van der Waals surface area contributed by atoms with E-state index in [0.29, 0.717) is 24.2 Å². The van der Waals surface area contributed by atoms with Crippen LogP contribution in [0.5, 0.6) is 5.75 Å². The molecule has 126 valence electrons. The number of amides is 1. The Morgan fingerprint density at radius 1 is 1.48 bits per heavy atom. The maximum absolute atomic E-state index is 12.3. The lowest BCUT2D eigenvalue weighted by molar-refractivity contribution is -0.0502. The topological polar surface area (TPSA) is 77.2 Å². The first-order valence-corrected chi connectivity index (χ1v) is 7.39. The van der Waals surface area contributed by atoms with Gasteiger partial charge in [-0.1, -0.05) is 6.07 Å². The van der Waals surface area contributed by atoms with Crippen molar-refractivity contribution in [3.63, 3.8) is 0 Å². The predicted molar refractivity (Wildman–Crippen MR) is 87.9 cm³/mol. The third-order valence-corrected chi connectivity index (χ3v) is 3.71. The fraction of sp³-hybridized carbons (Fsp3) is 0.286. The minimum atomic E-state index is -2.91. The van der Waals surface area contributed by atoms with E-state index in [-0.39, 0.29) is 23.9 Å². The summed E-state index contributed by atoms with van der Waals surface area (Å²) in [4.78, 5) is 16.2. The number of alkyl halides is 2. The van der Waals surface area contributed by atoms with Gasteiger partial charge in [-0.2, -0.15) is 8.78 Å². The first-order chi connectivity index (χ1) is 10.5. The number of carbonyl (C=O) groups is 1. The number of carbonyl (C=O) groups excluding carboxylic acids is 1. The second kappa shape index (κ2) is 8.76. The molecule has 5 nitrogen and oxygen atoms in total. The molecule has 0 saturated heterocycles.